The molecule has 0 bridgehead atoms. The van der Waals surface area contributed by atoms with Crippen LogP contribution in [0.1, 0.15) is 36.6 Å². The number of hydrogen-bond donors (Lipinski definition) is 2. The zero-order valence-electron chi connectivity index (χ0n) is 20.4. The Hall–Kier alpha value is -3.68. The Morgan fingerprint density at radius 1 is 0.946 bits per heavy atom. The van der Waals surface area contributed by atoms with Crippen molar-refractivity contribution in [2.45, 2.75) is 26.8 Å². The average molecular weight is 542 g/mol. The third-order valence-corrected chi connectivity index (χ3v) is 6.53. The molecule has 0 spiro atoms. The van der Waals surface area contributed by atoms with Crippen LogP contribution in [0.5, 0.6) is 17.2 Å². The van der Waals surface area contributed by atoms with Crippen molar-refractivity contribution in [2.75, 3.05) is 18.1 Å². The lowest BCUT2D eigenvalue weighted by atomic mass is 9.94. The molecule has 2 N–H and O–H groups in total. The van der Waals surface area contributed by atoms with Crippen LogP contribution >= 0.6 is 23.2 Å². The van der Waals surface area contributed by atoms with Gasteiger partial charge in [0, 0.05) is 16.3 Å². The molecule has 1 unspecified atom stereocenters. The normalized spacial score (nSPS) is 16.8. The number of nitrogens with zero attached hydrogens (tertiary/aromatic N) is 1. The molecular formula is C28H25Cl2NO6. The summed E-state index contributed by atoms with van der Waals surface area (Å²) in [6.07, 6.45) is 0. The number of aliphatic hydroxyl groups is 1. The van der Waals surface area contributed by atoms with Gasteiger partial charge >= 0.3 is 0 Å². The second-order valence-electron chi connectivity index (χ2n) is 8.34. The highest BCUT2D eigenvalue weighted by Crippen LogP contribution is 2.45. The van der Waals surface area contributed by atoms with E-state index in [2.05, 4.69) is 0 Å². The Kier molecular flexibility index (Phi) is 7.66. The molecule has 1 aliphatic heterocycles. The molecule has 3 aromatic carbocycles. The van der Waals surface area contributed by atoms with Crippen LogP contribution in [0.3, 0.4) is 0 Å². The highest BCUT2D eigenvalue weighted by molar-refractivity contribution is 6.52. The van der Waals surface area contributed by atoms with Gasteiger partial charge in [-0.15, -0.1) is 0 Å². The number of amides is 1. The molecular weight excluding hydrogens is 517 g/mol. The fourth-order valence-electron chi connectivity index (χ4n) is 4.28. The van der Waals surface area contributed by atoms with Gasteiger partial charge in [0.25, 0.3) is 11.7 Å². The molecule has 9 heteroatoms. The number of ketones is 1. The minimum absolute atomic E-state index is 0.0967. The van der Waals surface area contributed by atoms with E-state index in [1.165, 1.54) is 23.1 Å². The largest absolute Gasteiger partial charge is 0.507 e. The van der Waals surface area contributed by atoms with E-state index >= 15 is 0 Å². The Balaban J connectivity index is 1.99. The summed E-state index contributed by atoms with van der Waals surface area (Å²) < 4.78 is 11.1. The summed E-state index contributed by atoms with van der Waals surface area (Å²) in [7, 11) is 0. The third kappa shape index (κ3) is 4.97. The summed E-state index contributed by atoms with van der Waals surface area (Å²) >= 11 is 12.5. The van der Waals surface area contributed by atoms with Gasteiger partial charge in [0.15, 0.2) is 11.5 Å². The van der Waals surface area contributed by atoms with Crippen LogP contribution in [0.4, 0.5) is 5.69 Å². The predicted octanol–water partition coefficient (Wildman–Crippen LogP) is 6.43. The van der Waals surface area contributed by atoms with Crippen molar-refractivity contribution >= 4 is 46.3 Å². The van der Waals surface area contributed by atoms with E-state index in [-0.39, 0.29) is 29.2 Å². The molecule has 1 saturated heterocycles. The van der Waals surface area contributed by atoms with Crippen LogP contribution < -0.4 is 14.4 Å². The molecule has 0 aromatic heterocycles. The van der Waals surface area contributed by atoms with E-state index in [0.717, 1.165) is 0 Å². The monoisotopic (exact) mass is 541 g/mol. The van der Waals surface area contributed by atoms with Gasteiger partial charge < -0.3 is 19.7 Å². The first-order chi connectivity index (χ1) is 17.7. The van der Waals surface area contributed by atoms with Crippen molar-refractivity contribution < 1.29 is 29.3 Å². The third-order valence-electron chi connectivity index (χ3n) is 5.98. The molecule has 7 nitrogen and oxygen atoms in total. The molecule has 0 saturated carbocycles. The number of aromatic hydroxyl groups is 1. The standard InChI is InChI=1S/C28H25Cl2NO6/c1-4-36-22-13-17(7-10-19(22)30)26(33)24-25(16-8-11-21(32)23(12-16)37-5-2)31(28(35)27(24)34)20-14-18(29)9-6-15(20)3/h6-14,25,32-33H,4-5H2,1-3H3/b26-24+. The number of phenols is 1. The Labute approximate surface area is 224 Å². The predicted molar refractivity (Wildman–Crippen MR) is 143 cm³/mol. The van der Waals surface area contributed by atoms with Gasteiger partial charge in [-0.1, -0.05) is 35.3 Å². The highest BCUT2D eigenvalue weighted by Gasteiger charge is 2.47. The molecule has 37 heavy (non-hydrogen) atoms. The molecule has 1 amide bonds. The van der Waals surface area contributed by atoms with Crippen molar-refractivity contribution in [3.63, 3.8) is 0 Å². The lowest BCUT2D eigenvalue weighted by Gasteiger charge is -2.27. The molecule has 0 radical (unpaired) electrons. The van der Waals surface area contributed by atoms with Crippen LogP contribution in [0.25, 0.3) is 5.76 Å². The summed E-state index contributed by atoms with van der Waals surface area (Å²) in [6.45, 7) is 5.98. The molecule has 0 aliphatic carbocycles. The van der Waals surface area contributed by atoms with E-state index in [1.807, 2.05) is 0 Å². The fraction of sp³-hybridized carbons (Fsp3) is 0.214. The fourth-order valence-corrected chi connectivity index (χ4v) is 4.62. The number of ether oxygens (including phenoxy) is 2. The minimum Gasteiger partial charge on any atom is -0.507 e. The van der Waals surface area contributed by atoms with E-state index in [4.69, 9.17) is 32.7 Å². The maximum atomic E-state index is 13.5. The number of Topliss-reactive ketones (excluding diaryl/α,β-unsaturated/α-hetero) is 1. The topological polar surface area (TPSA) is 96.3 Å². The van der Waals surface area contributed by atoms with Gasteiger partial charge in [0.1, 0.15) is 11.5 Å². The van der Waals surface area contributed by atoms with Crippen LogP contribution in [0.15, 0.2) is 60.2 Å². The molecule has 1 heterocycles. The first kappa shape index (κ1) is 26.4. The van der Waals surface area contributed by atoms with E-state index in [1.54, 1.807) is 57.2 Å². The Bertz CT molecular complexity index is 1420. The van der Waals surface area contributed by atoms with Gasteiger partial charge in [-0.2, -0.15) is 0 Å². The number of carbonyl (C=O) groups excluding carboxylic acids is 2. The number of hydrogen-bond acceptors (Lipinski definition) is 6. The smallest absolute Gasteiger partial charge is 0.300 e. The highest BCUT2D eigenvalue weighted by atomic mass is 35.5. The number of benzene rings is 3. The van der Waals surface area contributed by atoms with Gasteiger partial charge in [0.05, 0.1) is 29.9 Å². The van der Waals surface area contributed by atoms with Crippen molar-refractivity contribution in [1.82, 2.24) is 0 Å². The summed E-state index contributed by atoms with van der Waals surface area (Å²) in [5, 5.41) is 22.4. The number of halogens is 2. The molecule has 1 fully saturated rings. The second-order valence-corrected chi connectivity index (χ2v) is 9.18. The van der Waals surface area contributed by atoms with Gasteiger partial charge in [0.2, 0.25) is 0 Å². The van der Waals surface area contributed by atoms with Crippen molar-refractivity contribution in [3.8, 4) is 17.2 Å². The van der Waals surface area contributed by atoms with Crippen molar-refractivity contribution in [3.05, 3.63) is 86.9 Å². The number of carbonyl (C=O) groups is 2. The van der Waals surface area contributed by atoms with Crippen molar-refractivity contribution in [2.24, 2.45) is 0 Å². The van der Waals surface area contributed by atoms with Crippen LogP contribution in [-0.4, -0.2) is 35.1 Å². The van der Waals surface area contributed by atoms with E-state index < -0.39 is 23.5 Å². The summed E-state index contributed by atoms with van der Waals surface area (Å²) in [4.78, 5) is 28.2. The summed E-state index contributed by atoms with van der Waals surface area (Å²) in [5.74, 6) is -1.69. The number of aryl methyl sites for hydroxylation is 1. The van der Waals surface area contributed by atoms with Gasteiger partial charge in [-0.05, 0) is 74.4 Å². The zero-order valence-corrected chi connectivity index (χ0v) is 21.9. The average Bonchev–Trinajstić information content (AvgIpc) is 3.13. The van der Waals surface area contributed by atoms with E-state index in [9.17, 15) is 19.8 Å². The van der Waals surface area contributed by atoms with E-state index in [0.29, 0.717) is 39.2 Å². The van der Waals surface area contributed by atoms with Crippen molar-refractivity contribution in [1.29, 1.82) is 0 Å². The van der Waals surface area contributed by atoms with Crippen LogP contribution in [0, 0.1) is 6.92 Å². The summed E-state index contributed by atoms with van der Waals surface area (Å²) in [6, 6.07) is 13.1. The van der Waals surface area contributed by atoms with Crippen LogP contribution in [-0.2, 0) is 9.59 Å². The first-order valence-electron chi connectivity index (χ1n) is 11.6. The molecule has 1 aliphatic rings. The summed E-state index contributed by atoms with van der Waals surface area (Å²) in [5.41, 5.74) is 1.67. The minimum atomic E-state index is -1.04. The maximum absolute atomic E-state index is 13.5. The molecule has 192 valence electrons. The van der Waals surface area contributed by atoms with Gasteiger partial charge in [-0.3, -0.25) is 14.5 Å². The van der Waals surface area contributed by atoms with Crippen LogP contribution in [0.2, 0.25) is 10.0 Å². The number of anilines is 1. The van der Waals surface area contributed by atoms with Gasteiger partial charge in [-0.25, -0.2) is 0 Å². The lowest BCUT2D eigenvalue weighted by molar-refractivity contribution is -0.132. The number of rotatable bonds is 7. The first-order valence-corrected chi connectivity index (χ1v) is 12.4. The molecule has 1 atom stereocenters. The second kappa shape index (κ2) is 10.7. The number of aliphatic hydroxyl groups excluding tert-OH is 1. The maximum Gasteiger partial charge on any atom is 0.300 e. The SMILES string of the molecule is CCOc1cc(C2/C(=C(\O)c3ccc(Cl)c(OCC)c3)C(=O)C(=O)N2c2cc(Cl)ccc2C)ccc1O. The number of phenolic OH excluding ortho intramolecular Hbond substituents is 1. The quantitative estimate of drug-likeness (QED) is 0.203. The Morgan fingerprint density at radius 2 is 1.65 bits per heavy atom. The lowest BCUT2D eigenvalue weighted by Crippen LogP contribution is -2.30. The zero-order chi connectivity index (χ0) is 26.9. The molecule has 4 rings (SSSR count). The Morgan fingerprint density at radius 3 is 2.35 bits per heavy atom. The molecule has 3 aromatic rings.